The number of fused-ring (bicyclic) bond motifs is 10. The normalized spacial score (nSPS) is 13.5. The fraction of sp³-hybridized carbons (Fsp3) is 0.0769. The number of para-hydroxylation sites is 2. The quantitative estimate of drug-likeness (QED) is 0.176. The molecule has 1 atom stereocenters. The van der Waals surface area contributed by atoms with Gasteiger partial charge >= 0.3 is 0 Å². The first kappa shape index (κ1) is 32.5. The Hall–Kier alpha value is -6.44. The van der Waals surface area contributed by atoms with E-state index in [2.05, 4.69) is 213 Å². The van der Waals surface area contributed by atoms with E-state index in [4.69, 9.17) is 0 Å². The van der Waals surface area contributed by atoms with Gasteiger partial charge in [0.25, 0.3) is 0 Å². The zero-order valence-electron chi connectivity index (χ0n) is 30.2. The Bertz CT molecular complexity index is 2490. The van der Waals surface area contributed by atoms with E-state index < -0.39 is 0 Å². The van der Waals surface area contributed by atoms with Crippen LogP contribution in [0, 0.1) is 6.92 Å². The molecule has 53 heavy (non-hydrogen) atoms. The molecular weight excluding hydrogens is 639 g/mol. The molecule has 0 N–H and O–H groups in total. The highest BCUT2D eigenvalue weighted by Gasteiger charge is 2.25. The van der Waals surface area contributed by atoms with E-state index in [9.17, 15) is 0 Å². The average Bonchev–Trinajstić information content (AvgIpc) is 3.34. The minimum Gasteiger partial charge on any atom is -0.309 e. The van der Waals surface area contributed by atoms with Crippen LogP contribution in [0.2, 0.25) is 0 Å². The van der Waals surface area contributed by atoms with Gasteiger partial charge in [-0.3, -0.25) is 0 Å². The molecule has 1 heterocycles. The molecule has 0 amide bonds. The van der Waals surface area contributed by atoms with E-state index in [1.807, 2.05) is 0 Å². The Morgan fingerprint density at radius 2 is 0.774 bits per heavy atom. The largest absolute Gasteiger partial charge is 0.309 e. The first-order valence-corrected chi connectivity index (χ1v) is 18.7. The molecule has 1 unspecified atom stereocenters. The Labute approximate surface area is 313 Å². The van der Waals surface area contributed by atoms with Gasteiger partial charge < -0.3 is 4.90 Å². The summed E-state index contributed by atoms with van der Waals surface area (Å²) in [6, 6.07) is 70.3. The highest BCUT2D eigenvalue weighted by atomic mass is 15.1. The second-order valence-electron chi connectivity index (χ2n) is 14.2. The van der Waals surface area contributed by atoms with Crippen molar-refractivity contribution in [3.63, 3.8) is 0 Å². The molecule has 1 aliphatic carbocycles. The lowest BCUT2D eigenvalue weighted by atomic mass is 9.80. The molecule has 0 aromatic heterocycles. The zero-order valence-corrected chi connectivity index (χ0v) is 30.2. The Balaban J connectivity index is 0.000000153. The van der Waals surface area contributed by atoms with Crippen LogP contribution in [-0.2, 0) is 6.42 Å². The lowest BCUT2D eigenvalue weighted by Gasteiger charge is -2.27. The summed E-state index contributed by atoms with van der Waals surface area (Å²) in [6.45, 7) is 4.46. The molecule has 8 aromatic rings. The highest BCUT2D eigenvalue weighted by Crippen LogP contribution is 2.50. The van der Waals surface area contributed by atoms with E-state index in [-0.39, 0.29) is 0 Å². The van der Waals surface area contributed by atoms with Crippen LogP contribution in [-0.4, -0.2) is 0 Å². The maximum atomic E-state index is 2.39. The highest BCUT2D eigenvalue weighted by molar-refractivity contribution is 6.02. The fourth-order valence-electron chi connectivity index (χ4n) is 8.23. The van der Waals surface area contributed by atoms with Crippen LogP contribution in [0.25, 0.3) is 55.6 Å². The first-order chi connectivity index (χ1) is 26.1. The van der Waals surface area contributed by atoms with Crippen LogP contribution in [0.1, 0.15) is 29.5 Å². The summed E-state index contributed by atoms with van der Waals surface area (Å²) in [5, 5.41) is 0. The van der Waals surface area contributed by atoms with Crippen LogP contribution in [0.4, 0.5) is 17.1 Å². The van der Waals surface area contributed by atoms with Gasteiger partial charge in [-0.1, -0.05) is 182 Å². The number of hydrogen-bond donors (Lipinski definition) is 0. The number of rotatable bonds is 2. The monoisotopic (exact) mass is 679 g/mol. The topological polar surface area (TPSA) is 3.24 Å². The minimum atomic E-state index is 0.538. The maximum absolute atomic E-state index is 2.39. The summed E-state index contributed by atoms with van der Waals surface area (Å²) in [5.74, 6) is 0.538. The predicted octanol–water partition coefficient (Wildman–Crippen LogP) is 14.5. The number of hydrogen-bond acceptors (Lipinski definition) is 1. The number of benzene rings is 8. The van der Waals surface area contributed by atoms with Gasteiger partial charge in [-0.15, -0.1) is 0 Å². The summed E-state index contributed by atoms with van der Waals surface area (Å²) in [6.07, 6.45) is 1.10. The number of anilines is 3. The summed E-state index contributed by atoms with van der Waals surface area (Å²) >= 11 is 0. The molecule has 0 bridgehead atoms. The van der Waals surface area contributed by atoms with Gasteiger partial charge in [-0.2, -0.15) is 0 Å². The molecule has 1 nitrogen and oxygen atoms in total. The summed E-state index contributed by atoms with van der Waals surface area (Å²) < 4.78 is 0. The second kappa shape index (κ2) is 13.9. The van der Waals surface area contributed by atoms with Gasteiger partial charge in [0, 0.05) is 16.8 Å². The van der Waals surface area contributed by atoms with E-state index in [1.165, 1.54) is 83.7 Å². The lowest BCUT2D eigenvalue weighted by molar-refractivity contribution is 0.760. The molecule has 2 aliphatic rings. The summed E-state index contributed by atoms with van der Waals surface area (Å²) in [7, 11) is 0. The van der Waals surface area contributed by atoms with Crippen molar-refractivity contribution in [1.29, 1.82) is 0 Å². The maximum Gasteiger partial charge on any atom is 0.0540 e. The van der Waals surface area contributed by atoms with Gasteiger partial charge in [0.1, 0.15) is 0 Å². The lowest BCUT2D eigenvalue weighted by Crippen LogP contribution is -2.10. The van der Waals surface area contributed by atoms with Crippen LogP contribution >= 0.6 is 0 Å². The Kier molecular flexibility index (Phi) is 8.54. The third-order valence-electron chi connectivity index (χ3n) is 10.9. The molecule has 1 heteroatoms. The van der Waals surface area contributed by atoms with Crippen molar-refractivity contribution in [2.75, 3.05) is 4.90 Å². The molecule has 254 valence electrons. The molecule has 0 spiro atoms. The summed E-state index contributed by atoms with van der Waals surface area (Å²) in [4.78, 5) is 2.39. The van der Waals surface area contributed by atoms with Gasteiger partial charge in [0.05, 0.1) is 11.4 Å². The van der Waals surface area contributed by atoms with Gasteiger partial charge in [-0.05, 0) is 99.2 Å². The molecule has 8 aromatic carbocycles. The van der Waals surface area contributed by atoms with Crippen molar-refractivity contribution < 1.29 is 0 Å². The van der Waals surface area contributed by atoms with E-state index in [0.29, 0.717) is 5.92 Å². The molecule has 0 saturated heterocycles. The van der Waals surface area contributed by atoms with E-state index >= 15 is 0 Å². The third kappa shape index (κ3) is 6.05. The third-order valence-corrected chi connectivity index (χ3v) is 10.9. The molecule has 0 radical (unpaired) electrons. The van der Waals surface area contributed by atoms with Crippen molar-refractivity contribution in [1.82, 2.24) is 0 Å². The van der Waals surface area contributed by atoms with Gasteiger partial charge in [0.2, 0.25) is 0 Å². The molecule has 0 fully saturated rings. The predicted molar refractivity (Wildman–Crippen MR) is 225 cm³/mol. The van der Waals surface area contributed by atoms with E-state index in [1.54, 1.807) is 0 Å². The Morgan fingerprint density at radius 1 is 0.377 bits per heavy atom. The first-order valence-electron chi connectivity index (χ1n) is 18.7. The van der Waals surface area contributed by atoms with Gasteiger partial charge in [0.15, 0.2) is 0 Å². The standard InChI is InChI=1S/C31H23N.C21H18/c1-22-14-16-23(17-15-22)24-18-20-25(21-19-24)32-30-12-6-4-10-28(30)26-8-2-3-9-27(26)29-11-5-7-13-31(29)32;1-15-14-16-8-2-3-10-18(16)20-12-6-7-13-21(20)19-11-5-4-9-17(15)19/h2-21H,1H3;2-13,15H,14H2,1H3. The van der Waals surface area contributed by atoms with Crippen molar-refractivity contribution in [2.45, 2.75) is 26.2 Å². The van der Waals surface area contributed by atoms with Crippen LogP contribution in [0.15, 0.2) is 194 Å². The Morgan fingerprint density at radius 3 is 1.34 bits per heavy atom. The SMILES string of the molecule is CC1Cc2ccccc2-c2ccccc2-c2ccccc21.Cc1ccc(-c2ccc(N3c4ccccc4-c4ccccc4-c4ccccc43)cc2)cc1. The smallest absolute Gasteiger partial charge is 0.0540 e. The van der Waals surface area contributed by atoms with Crippen LogP contribution < -0.4 is 4.90 Å². The summed E-state index contributed by atoms with van der Waals surface area (Å²) in [5.41, 5.74) is 20.7. The molecule has 1 aliphatic heterocycles. The number of nitrogens with zero attached hydrogens (tertiary/aromatic N) is 1. The van der Waals surface area contributed by atoms with Crippen molar-refractivity contribution in [3.8, 4) is 55.6 Å². The number of aryl methyl sites for hydroxylation is 1. The fourth-order valence-corrected chi connectivity index (χ4v) is 8.23. The zero-order chi connectivity index (χ0) is 35.7. The van der Waals surface area contributed by atoms with E-state index in [0.717, 1.165) is 12.1 Å². The van der Waals surface area contributed by atoms with Gasteiger partial charge in [-0.25, -0.2) is 0 Å². The molecule has 10 rings (SSSR count). The molecule has 0 saturated carbocycles. The van der Waals surface area contributed by atoms with Crippen molar-refractivity contribution in [3.05, 3.63) is 211 Å². The molecular formula is C52H41N. The van der Waals surface area contributed by atoms with Crippen molar-refractivity contribution >= 4 is 17.1 Å². The van der Waals surface area contributed by atoms with Crippen molar-refractivity contribution in [2.24, 2.45) is 0 Å². The average molecular weight is 680 g/mol. The second-order valence-corrected chi connectivity index (χ2v) is 14.2. The van der Waals surface area contributed by atoms with Crippen LogP contribution in [0.5, 0.6) is 0 Å². The van der Waals surface area contributed by atoms with Crippen LogP contribution in [0.3, 0.4) is 0 Å². The minimum absolute atomic E-state index is 0.538.